The van der Waals surface area contributed by atoms with Crippen LogP contribution in [0.2, 0.25) is 0 Å². The molecule has 0 saturated carbocycles. The first-order valence-corrected chi connectivity index (χ1v) is 11.3. The summed E-state index contributed by atoms with van der Waals surface area (Å²) in [5.74, 6) is 0.370. The van der Waals surface area contributed by atoms with Gasteiger partial charge in [0.2, 0.25) is 5.82 Å². The number of fused-ring (bicyclic) bond motifs is 3. The fourth-order valence-electron chi connectivity index (χ4n) is 4.31. The molecule has 0 aliphatic heterocycles. The Morgan fingerprint density at radius 3 is 2.61 bits per heavy atom. The highest BCUT2D eigenvalue weighted by molar-refractivity contribution is 6.00. The Balaban J connectivity index is 1.53. The molecule has 0 aliphatic carbocycles. The van der Waals surface area contributed by atoms with Gasteiger partial charge in [-0.2, -0.15) is 9.78 Å². The molecule has 3 aromatic carbocycles. The average molecular weight is 476 g/mol. The molecule has 0 saturated heterocycles. The summed E-state index contributed by atoms with van der Waals surface area (Å²) >= 11 is 0. The minimum Gasteiger partial charge on any atom is -0.468 e. The molecule has 0 unspecified atom stereocenters. The lowest BCUT2D eigenvalue weighted by atomic mass is 10.2. The van der Waals surface area contributed by atoms with Crippen molar-refractivity contribution in [3.8, 4) is 11.6 Å². The van der Waals surface area contributed by atoms with Crippen LogP contribution in [-0.4, -0.2) is 33.5 Å². The molecule has 8 heteroatoms. The van der Waals surface area contributed by atoms with E-state index in [-0.39, 0.29) is 18.1 Å². The van der Waals surface area contributed by atoms with E-state index in [2.05, 4.69) is 5.10 Å². The molecule has 0 spiro atoms. The van der Waals surface area contributed by atoms with Crippen LogP contribution in [0.1, 0.15) is 5.56 Å². The van der Waals surface area contributed by atoms with Crippen molar-refractivity contribution in [1.29, 1.82) is 0 Å². The van der Waals surface area contributed by atoms with E-state index < -0.39 is 0 Å². The van der Waals surface area contributed by atoms with Gasteiger partial charge in [0, 0.05) is 28.0 Å². The van der Waals surface area contributed by atoms with Crippen molar-refractivity contribution < 1.29 is 13.9 Å². The zero-order valence-electron chi connectivity index (χ0n) is 19.3. The second-order valence-corrected chi connectivity index (χ2v) is 8.27. The molecule has 0 radical (unpaired) electrons. The van der Waals surface area contributed by atoms with Gasteiger partial charge >= 0.3 is 5.97 Å². The third kappa shape index (κ3) is 3.65. The van der Waals surface area contributed by atoms with Crippen LogP contribution < -0.4 is 5.56 Å². The molecule has 6 aromatic rings. The minimum atomic E-state index is -0.360. The highest BCUT2D eigenvalue weighted by Gasteiger charge is 2.17. The first-order chi connectivity index (χ1) is 17.6. The maximum atomic E-state index is 13.5. The largest absolute Gasteiger partial charge is 0.468 e. The van der Waals surface area contributed by atoms with Crippen molar-refractivity contribution >= 4 is 45.0 Å². The maximum Gasteiger partial charge on any atom is 0.325 e. The number of rotatable bonds is 5. The molecule has 0 amide bonds. The fourth-order valence-corrected chi connectivity index (χ4v) is 4.31. The van der Waals surface area contributed by atoms with Crippen molar-refractivity contribution in [2.45, 2.75) is 6.54 Å². The summed E-state index contributed by atoms with van der Waals surface area (Å²) in [6, 6.07) is 24.3. The Morgan fingerprint density at radius 1 is 1.03 bits per heavy atom. The van der Waals surface area contributed by atoms with Crippen molar-refractivity contribution in [3.63, 3.8) is 0 Å². The molecule has 3 heterocycles. The van der Waals surface area contributed by atoms with Gasteiger partial charge in [0.05, 0.1) is 24.2 Å². The van der Waals surface area contributed by atoms with E-state index in [1.165, 1.54) is 11.8 Å². The van der Waals surface area contributed by atoms with Crippen LogP contribution in [0, 0.1) is 0 Å². The number of hydrogen-bond donors (Lipinski definition) is 0. The van der Waals surface area contributed by atoms with Crippen molar-refractivity contribution in [2.75, 3.05) is 7.11 Å². The monoisotopic (exact) mass is 476 g/mol. The van der Waals surface area contributed by atoms with Crippen molar-refractivity contribution in [2.24, 2.45) is 5.10 Å². The number of nitrogens with zero attached hydrogens (tertiary/aromatic N) is 4. The summed E-state index contributed by atoms with van der Waals surface area (Å²) in [7, 11) is 1.36. The number of methoxy groups -OCH3 is 1. The lowest BCUT2D eigenvalue weighted by Gasteiger charge is -2.07. The van der Waals surface area contributed by atoms with Gasteiger partial charge in [0.25, 0.3) is 5.56 Å². The summed E-state index contributed by atoms with van der Waals surface area (Å²) in [5.41, 5.74) is 2.52. The summed E-state index contributed by atoms with van der Waals surface area (Å²) in [4.78, 5) is 30.2. The highest BCUT2D eigenvalue weighted by Crippen LogP contribution is 2.27. The number of para-hydroxylation sites is 3. The van der Waals surface area contributed by atoms with Crippen LogP contribution in [0.25, 0.3) is 44.4 Å². The Bertz CT molecular complexity index is 1830. The molecule has 3 aromatic heterocycles. The van der Waals surface area contributed by atoms with E-state index in [0.29, 0.717) is 28.1 Å². The van der Waals surface area contributed by atoms with Crippen LogP contribution in [0.3, 0.4) is 0 Å². The second kappa shape index (κ2) is 8.66. The summed E-state index contributed by atoms with van der Waals surface area (Å²) in [6.45, 7) is 0.0621. The standard InChI is InChI=1S/C28H20N4O4/c1-35-26(33)17-31-16-19(20-9-4-6-12-23(20)31)15-29-32-27(25-14-18-8-2-7-13-24(18)36-25)30-22-11-5-3-10-21(22)28(32)34/h2-16H,17H2,1H3. The first kappa shape index (κ1) is 21.5. The van der Waals surface area contributed by atoms with E-state index in [1.807, 2.05) is 66.9 Å². The summed E-state index contributed by atoms with van der Waals surface area (Å²) in [5, 5.41) is 6.80. The zero-order valence-corrected chi connectivity index (χ0v) is 19.3. The van der Waals surface area contributed by atoms with Gasteiger partial charge < -0.3 is 13.7 Å². The predicted molar refractivity (Wildman–Crippen MR) is 138 cm³/mol. The van der Waals surface area contributed by atoms with E-state index in [9.17, 15) is 9.59 Å². The normalized spacial score (nSPS) is 11.7. The van der Waals surface area contributed by atoms with Crippen molar-refractivity contribution in [1.82, 2.24) is 14.2 Å². The van der Waals surface area contributed by atoms with Gasteiger partial charge in [-0.1, -0.05) is 48.5 Å². The molecule has 0 fully saturated rings. The molecule has 8 nitrogen and oxygen atoms in total. The maximum absolute atomic E-state index is 13.5. The Morgan fingerprint density at radius 2 is 1.78 bits per heavy atom. The van der Waals surface area contributed by atoms with E-state index in [0.717, 1.165) is 21.9 Å². The van der Waals surface area contributed by atoms with Gasteiger partial charge in [-0.25, -0.2) is 4.98 Å². The van der Waals surface area contributed by atoms with E-state index in [4.69, 9.17) is 14.1 Å². The van der Waals surface area contributed by atoms with Gasteiger partial charge in [-0.3, -0.25) is 9.59 Å². The fraction of sp³-hybridized carbons (Fsp3) is 0.0714. The number of carbonyl (C=O) groups excluding carboxylic acids is 1. The quantitative estimate of drug-likeness (QED) is 0.263. The van der Waals surface area contributed by atoms with Crippen LogP contribution >= 0.6 is 0 Å². The Hall–Kier alpha value is -4.98. The lowest BCUT2D eigenvalue weighted by Crippen LogP contribution is -2.20. The number of carbonyl (C=O) groups is 1. The third-order valence-electron chi connectivity index (χ3n) is 6.06. The number of hydrogen-bond acceptors (Lipinski definition) is 6. The molecule has 6 rings (SSSR count). The highest BCUT2D eigenvalue weighted by atomic mass is 16.5. The number of aromatic nitrogens is 3. The first-order valence-electron chi connectivity index (χ1n) is 11.3. The van der Waals surface area contributed by atoms with Crippen LogP contribution in [0.5, 0.6) is 0 Å². The molecular weight excluding hydrogens is 456 g/mol. The minimum absolute atomic E-state index is 0.0621. The number of benzene rings is 3. The topological polar surface area (TPSA) is 91.6 Å². The zero-order chi connectivity index (χ0) is 24.6. The average Bonchev–Trinajstić information content (AvgIpc) is 3.50. The summed E-state index contributed by atoms with van der Waals surface area (Å²) in [6.07, 6.45) is 3.41. The molecular formula is C28H20N4O4. The summed E-state index contributed by atoms with van der Waals surface area (Å²) < 4.78 is 13.9. The molecule has 36 heavy (non-hydrogen) atoms. The number of esters is 1. The van der Waals surface area contributed by atoms with E-state index >= 15 is 0 Å². The smallest absolute Gasteiger partial charge is 0.325 e. The van der Waals surface area contributed by atoms with E-state index in [1.54, 1.807) is 29.0 Å². The molecule has 176 valence electrons. The molecule has 0 bridgehead atoms. The van der Waals surface area contributed by atoms with Crippen LogP contribution in [0.15, 0.2) is 99.4 Å². The van der Waals surface area contributed by atoms with Gasteiger partial charge in [-0.15, -0.1) is 0 Å². The van der Waals surface area contributed by atoms with Crippen LogP contribution in [0.4, 0.5) is 0 Å². The van der Waals surface area contributed by atoms with Gasteiger partial charge in [0.1, 0.15) is 12.1 Å². The van der Waals surface area contributed by atoms with Gasteiger partial charge in [-0.05, 0) is 30.3 Å². The molecule has 0 atom stereocenters. The third-order valence-corrected chi connectivity index (χ3v) is 6.06. The number of furan rings is 1. The second-order valence-electron chi connectivity index (χ2n) is 8.27. The van der Waals surface area contributed by atoms with Crippen molar-refractivity contribution in [3.05, 3.63) is 101 Å². The molecule has 0 N–H and O–H groups in total. The van der Waals surface area contributed by atoms with Gasteiger partial charge in [0.15, 0.2) is 5.76 Å². The Kier molecular flexibility index (Phi) is 5.19. The SMILES string of the molecule is COC(=O)Cn1cc(C=Nn2c(-c3cc4ccccc4o3)nc3ccccc3c2=O)c2ccccc21. The number of ether oxygens (including phenoxy) is 1. The lowest BCUT2D eigenvalue weighted by molar-refractivity contribution is -0.141. The predicted octanol–water partition coefficient (Wildman–Crippen LogP) is 4.82. The molecule has 0 aliphatic rings. The van der Waals surface area contributed by atoms with Crippen LogP contribution in [-0.2, 0) is 16.1 Å². The Labute approximate surface area is 204 Å².